The second kappa shape index (κ2) is 6.06. The fourth-order valence-electron chi connectivity index (χ4n) is 3.08. The number of carbonyl (C=O) groups is 1. The van der Waals surface area contributed by atoms with E-state index in [-0.39, 0.29) is 5.91 Å². The second-order valence-corrected chi connectivity index (χ2v) is 7.13. The maximum absolute atomic E-state index is 12.7. The summed E-state index contributed by atoms with van der Waals surface area (Å²) in [5, 5.41) is 0. The highest BCUT2D eigenvalue weighted by molar-refractivity contribution is 5.99. The lowest BCUT2D eigenvalue weighted by atomic mass is 9.75. The van der Waals surface area contributed by atoms with Crippen LogP contribution in [-0.2, 0) is 0 Å². The molecule has 3 N–H and O–H groups in total. The number of amides is 1. The Hall–Kier alpha value is -1.55. The summed E-state index contributed by atoms with van der Waals surface area (Å²) < 4.78 is 0. The summed E-state index contributed by atoms with van der Waals surface area (Å²) >= 11 is 0. The van der Waals surface area contributed by atoms with Gasteiger partial charge >= 0.3 is 0 Å². The van der Waals surface area contributed by atoms with Crippen molar-refractivity contribution in [2.24, 2.45) is 17.2 Å². The number of hydrazine groups is 1. The van der Waals surface area contributed by atoms with Crippen LogP contribution in [-0.4, -0.2) is 23.9 Å². The fourth-order valence-corrected chi connectivity index (χ4v) is 3.08. The molecule has 0 aromatic heterocycles. The summed E-state index contributed by atoms with van der Waals surface area (Å²) in [6.07, 6.45) is 2.15. The van der Waals surface area contributed by atoms with Gasteiger partial charge in [0.1, 0.15) is 0 Å². The van der Waals surface area contributed by atoms with E-state index in [1.165, 1.54) is 0 Å². The summed E-state index contributed by atoms with van der Waals surface area (Å²) in [7, 11) is 0. The highest BCUT2D eigenvalue weighted by Crippen LogP contribution is 2.34. The van der Waals surface area contributed by atoms with Crippen LogP contribution in [0.3, 0.4) is 0 Å². The van der Waals surface area contributed by atoms with Gasteiger partial charge in [0.15, 0.2) is 0 Å². The summed E-state index contributed by atoms with van der Waals surface area (Å²) in [5.41, 5.74) is 5.39. The van der Waals surface area contributed by atoms with E-state index >= 15 is 0 Å². The molecule has 1 aliphatic heterocycles. The van der Waals surface area contributed by atoms with E-state index in [0.29, 0.717) is 22.6 Å². The normalized spacial score (nSPS) is 16.9. The van der Waals surface area contributed by atoms with Gasteiger partial charge in [0, 0.05) is 13.1 Å². The summed E-state index contributed by atoms with van der Waals surface area (Å²) in [6.45, 7) is 10.5. The van der Waals surface area contributed by atoms with Gasteiger partial charge in [-0.2, -0.15) is 0 Å². The fraction of sp³-hybridized carbons (Fsp3) is 0.588. The van der Waals surface area contributed by atoms with Crippen LogP contribution < -0.4 is 11.3 Å². The highest BCUT2D eigenvalue weighted by atomic mass is 16.2. The van der Waals surface area contributed by atoms with E-state index in [1.807, 2.05) is 30.0 Å². The zero-order valence-electron chi connectivity index (χ0n) is 13.6. The molecule has 1 aromatic carbocycles. The third kappa shape index (κ3) is 3.56. The van der Waals surface area contributed by atoms with Crippen LogP contribution in [0.2, 0.25) is 0 Å². The predicted molar refractivity (Wildman–Crippen MR) is 87.1 cm³/mol. The van der Waals surface area contributed by atoms with Crippen LogP contribution in [0.15, 0.2) is 18.2 Å². The number of nitrogens with one attached hydrogen (secondary N) is 1. The van der Waals surface area contributed by atoms with Crippen LogP contribution in [0.25, 0.3) is 0 Å². The molecule has 1 amide bonds. The van der Waals surface area contributed by atoms with E-state index in [4.69, 9.17) is 5.84 Å². The van der Waals surface area contributed by atoms with Crippen molar-refractivity contribution in [2.75, 3.05) is 18.5 Å². The minimum absolute atomic E-state index is 0.0824. The van der Waals surface area contributed by atoms with E-state index < -0.39 is 0 Å². The average molecular weight is 289 g/mol. The Kier molecular flexibility index (Phi) is 4.57. The van der Waals surface area contributed by atoms with Crippen molar-refractivity contribution in [2.45, 2.75) is 40.5 Å². The number of aryl methyl sites for hydroxylation is 1. The van der Waals surface area contributed by atoms with Crippen LogP contribution in [0, 0.1) is 18.3 Å². The second-order valence-electron chi connectivity index (χ2n) is 7.13. The Morgan fingerprint density at radius 2 is 1.90 bits per heavy atom. The number of hydrogen-bond donors (Lipinski definition) is 2. The molecule has 116 valence electrons. The molecule has 0 atom stereocenters. The number of piperidine rings is 1. The SMILES string of the molecule is Cc1ccc(NN)c(C(=O)N2CCC(C(C)(C)C)CC2)c1. The van der Waals surface area contributed by atoms with Gasteiger partial charge in [-0.25, -0.2) is 0 Å². The molecule has 1 fully saturated rings. The average Bonchev–Trinajstić information content (AvgIpc) is 2.45. The minimum Gasteiger partial charge on any atom is -0.339 e. The number of carbonyl (C=O) groups excluding carboxylic acids is 1. The third-order valence-electron chi connectivity index (χ3n) is 4.57. The van der Waals surface area contributed by atoms with Crippen LogP contribution in [0.4, 0.5) is 5.69 Å². The van der Waals surface area contributed by atoms with Crippen molar-refractivity contribution in [1.82, 2.24) is 4.90 Å². The summed E-state index contributed by atoms with van der Waals surface area (Å²) in [5.74, 6) is 6.30. The van der Waals surface area contributed by atoms with E-state index in [9.17, 15) is 4.79 Å². The van der Waals surface area contributed by atoms with Gasteiger partial charge in [-0.1, -0.05) is 32.4 Å². The number of nitrogen functional groups attached to an aromatic ring is 1. The maximum atomic E-state index is 12.7. The number of likely N-dealkylation sites (tertiary alicyclic amines) is 1. The molecule has 0 unspecified atom stereocenters. The quantitative estimate of drug-likeness (QED) is 0.649. The lowest BCUT2D eigenvalue weighted by molar-refractivity contribution is 0.0609. The molecule has 21 heavy (non-hydrogen) atoms. The molecule has 0 saturated carbocycles. The molecule has 1 aliphatic rings. The van der Waals surface area contributed by atoms with Gasteiger partial charge in [0.25, 0.3) is 5.91 Å². The van der Waals surface area contributed by atoms with Crippen LogP contribution >= 0.6 is 0 Å². The smallest absolute Gasteiger partial charge is 0.256 e. The number of nitrogens with zero attached hydrogens (tertiary/aromatic N) is 1. The molecule has 0 bridgehead atoms. The van der Waals surface area contributed by atoms with Crippen molar-refractivity contribution in [3.05, 3.63) is 29.3 Å². The Morgan fingerprint density at radius 3 is 2.43 bits per heavy atom. The van der Waals surface area contributed by atoms with Gasteiger partial charge in [-0.15, -0.1) is 0 Å². The van der Waals surface area contributed by atoms with E-state index in [1.54, 1.807) is 0 Å². The summed E-state index contributed by atoms with van der Waals surface area (Å²) in [6, 6.07) is 5.73. The first-order valence-corrected chi connectivity index (χ1v) is 7.69. The van der Waals surface area contributed by atoms with Gasteiger partial charge in [0.05, 0.1) is 11.3 Å². The van der Waals surface area contributed by atoms with Gasteiger partial charge in [-0.05, 0) is 43.2 Å². The zero-order chi connectivity index (χ0) is 15.6. The number of anilines is 1. The summed E-state index contributed by atoms with van der Waals surface area (Å²) in [4.78, 5) is 14.7. The lowest BCUT2D eigenvalue weighted by Gasteiger charge is -2.39. The predicted octanol–water partition coefficient (Wildman–Crippen LogP) is 3.18. The lowest BCUT2D eigenvalue weighted by Crippen LogP contribution is -2.41. The molecular weight excluding hydrogens is 262 g/mol. The molecule has 1 saturated heterocycles. The molecule has 0 spiro atoms. The molecule has 4 nitrogen and oxygen atoms in total. The van der Waals surface area contributed by atoms with Crippen molar-refractivity contribution >= 4 is 11.6 Å². The first kappa shape index (κ1) is 15.8. The molecule has 4 heteroatoms. The zero-order valence-corrected chi connectivity index (χ0v) is 13.6. The third-order valence-corrected chi connectivity index (χ3v) is 4.57. The topological polar surface area (TPSA) is 58.4 Å². The van der Waals surface area contributed by atoms with E-state index in [0.717, 1.165) is 31.5 Å². The van der Waals surface area contributed by atoms with Crippen LogP contribution in [0.1, 0.15) is 49.5 Å². The van der Waals surface area contributed by atoms with Crippen molar-refractivity contribution in [3.8, 4) is 0 Å². The van der Waals surface area contributed by atoms with Gasteiger partial charge < -0.3 is 10.3 Å². The largest absolute Gasteiger partial charge is 0.339 e. The van der Waals surface area contributed by atoms with Crippen molar-refractivity contribution < 1.29 is 4.79 Å². The molecule has 0 aliphatic carbocycles. The molecule has 1 heterocycles. The number of nitrogens with two attached hydrogens (primary N) is 1. The van der Waals surface area contributed by atoms with Crippen molar-refractivity contribution in [1.29, 1.82) is 0 Å². The molecule has 1 aromatic rings. The Bertz CT molecular complexity index is 511. The standard InChI is InChI=1S/C17H27N3O/c1-12-5-6-15(19-18)14(11-12)16(21)20-9-7-13(8-10-20)17(2,3)4/h5-6,11,13,19H,7-10,18H2,1-4H3. The minimum atomic E-state index is 0.0824. The highest BCUT2D eigenvalue weighted by Gasteiger charge is 2.31. The maximum Gasteiger partial charge on any atom is 0.256 e. The van der Waals surface area contributed by atoms with E-state index in [2.05, 4.69) is 26.2 Å². The monoisotopic (exact) mass is 289 g/mol. The van der Waals surface area contributed by atoms with Crippen LogP contribution in [0.5, 0.6) is 0 Å². The van der Waals surface area contributed by atoms with Gasteiger partial charge in [-0.3, -0.25) is 10.6 Å². The number of rotatable bonds is 2. The molecule has 2 rings (SSSR count). The van der Waals surface area contributed by atoms with Gasteiger partial charge in [0.2, 0.25) is 0 Å². The Morgan fingerprint density at radius 1 is 1.29 bits per heavy atom. The Balaban J connectivity index is 2.11. The number of benzene rings is 1. The first-order chi connectivity index (χ1) is 9.82. The molecular formula is C17H27N3O. The molecule has 0 radical (unpaired) electrons. The number of hydrogen-bond acceptors (Lipinski definition) is 3. The Labute approximate surface area is 127 Å². The van der Waals surface area contributed by atoms with Crippen molar-refractivity contribution in [3.63, 3.8) is 0 Å². The first-order valence-electron chi connectivity index (χ1n) is 7.69.